The smallest absolute Gasteiger partial charge is 0.394 e. The van der Waals surface area contributed by atoms with Gasteiger partial charge in [-0.25, -0.2) is 0 Å². The van der Waals surface area contributed by atoms with Gasteiger partial charge in [0.05, 0.1) is 24.1 Å². The van der Waals surface area contributed by atoms with Gasteiger partial charge in [0, 0.05) is 31.1 Å². The first-order valence-electron chi connectivity index (χ1n) is 10.2. The zero-order valence-corrected chi connectivity index (χ0v) is 19.1. The number of nitrogens with two attached hydrogens (primary N) is 1. The Bertz CT molecular complexity index is 802. The third-order valence-electron chi connectivity index (χ3n) is 5.32. The lowest BCUT2D eigenvalue weighted by Crippen LogP contribution is -2.55. The van der Waals surface area contributed by atoms with Crippen LogP contribution in [0.1, 0.15) is 34.6 Å². The van der Waals surface area contributed by atoms with Crippen LogP contribution in [0.3, 0.4) is 0 Å². The van der Waals surface area contributed by atoms with Crippen LogP contribution in [0.15, 0.2) is 24.4 Å². The highest BCUT2D eigenvalue weighted by Gasteiger charge is 2.39. The lowest BCUT2D eigenvalue weighted by molar-refractivity contribution is -0.174. The third kappa shape index (κ3) is 7.19. The van der Waals surface area contributed by atoms with Gasteiger partial charge in [0.25, 0.3) is 5.91 Å². The molecule has 0 saturated carbocycles. The lowest BCUT2D eigenvalue weighted by atomic mass is 9.99. The van der Waals surface area contributed by atoms with E-state index in [2.05, 4.69) is 35.5 Å². The number of nitrogens with one attached hydrogen (secondary N) is 3. The van der Waals surface area contributed by atoms with Gasteiger partial charge in [-0.05, 0) is 31.2 Å². The number of hydrogen-bond donors (Lipinski definition) is 4. The number of carbonyl (C=O) groups is 2. The summed E-state index contributed by atoms with van der Waals surface area (Å²) >= 11 is 0.929. The molecule has 1 aromatic rings. The Morgan fingerprint density at radius 2 is 2.09 bits per heavy atom. The summed E-state index contributed by atoms with van der Waals surface area (Å²) in [4.78, 5) is 26.4. The van der Waals surface area contributed by atoms with Crippen molar-refractivity contribution < 1.29 is 27.5 Å². The first-order chi connectivity index (χ1) is 15.0. The predicted molar refractivity (Wildman–Crippen MR) is 116 cm³/mol. The van der Waals surface area contributed by atoms with Crippen molar-refractivity contribution in [2.75, 3.05) is 33.4 Å². The summed E-state index contributed by atoms with van der Waals surface area (Å²) in [5, 5.41) is 7.53. The molecule has 1 fully saturated rings. The molecule has 2 rings (SSSR count). The number of halogens is 3. The third-order valence-corrected chi connectivity index (χ3v) is 6.49. The van der Waals surface area contributed by atoms with Crippen LogP contribution >= 0.6 is 11.3 Å². The summed E-state index contributed by atoms with van der Waals surface area (Å²) in [6.07, 6.45) is -2.40. The molecule has 12 heteroatoms. The summed E-state index contributed by atoms with van der Waals surface area (Å²) in [7, 11) is 1.84. The first-order valence-corrected chi connectivity index (χ1v) is 11.0. The lowest BCUT2D eigenvalue weighted by Gasteiger charge is -2.41. The molecule has 1 aromatic heterocycles. The molecular formula is C20H30F3N5O3S. The molecule has 1 aliphatic heterocycles. The molecule has 2 amide bonds. The number of hydrogen-bond acceptors (Lipinski definition) is 7. The number of morpholine rings is 1. The van der Waals surface area contributed by atoms with Gasteiger partial charge < -0.3 is 26.4 Å². The van der Waals surface area contributed by atoms with Gasteiger partial charge in [0.15, 0.2) is 0 Å². The summed E-state index contributed by atoms with van der Waals surface area (Å²) in [6, 6.07) is 3.11. The van der Waals surface area contributed by atoms with E-state index in [0.29, 0.717) is 24.6 Å². The van der Waals surface area contributed by atoms with E-state index in [1.807, 2.05) is 13.2 Å². The van der Waals surface area contributed by atoms with Crippen molar-refractivity contribution in [2.24, 2.45) is 11.7 Å². The van der Waals surface area contributed by atoms with Crippen LogP contribution in [0.25, 0.3) is 0 Å². The average Bonchev–Trinajstić information content (AvgIpc) is 3.25. The average molecular weight is 478 g/mol. The van der Waals surface area contributed by atoms with E-state index >= 15 is 0 Å². The zero-order valence-electron chi connectivity index (χ0n) is 18.2. The van der Waals surface area contributed by atoms with Crippen molar-refractivity contribution in [3.63, 3.8) is 0 Å². The van der Waals surface area contributed by atoms with Crippen molar-refractivity contribution in [1.29, 1.82) is 0 Å². The summed E-state index contributed by atoms with van der Waals surface area (Å²) in [5.41, 5.74) is 5.62. The normalized spacial score (nSPS) is 20.5. The Morgan fingerprint density at radius 3 is 2.75 bits per heavy atom. The molecule has 0 aliphatic carbocycles. The highest BCUT2D eigenvalue weighted by atomic mass is 32.1. The van der Waals surface area contributed by atoms with Gasteiger partial charge >= 0.3 is 12.1 Å². The fourth-order valence-electron chi connectivity index (χ4n) is 3.32. The van der Waals surface area contributed by atoms with Crippen molar-refractivity contribution in [2.45, 2.75) is 38.3 Å². The van der Waals surface area contributed by atoms with Gasteiger partial charge in [0.1, 0.15) is 6.17 Å². The molecule has 0 aromatic carbocycles. The van der Waals surface area contributed by atoms with E-state index in [-0.39, 0.29) is 28.8 Å². The number of thiophene rings is 1. The molecular weight excluding hydrogens is 447 g/mol. The number of alkyl halides is 3. The molecule has 1 saturated heterocycles. The van der Waals surface area contributed by atoms with Gasteiger partial charge in [0.2, 0.25) is 0 Å². The van der Waals surface area contributed by atoms with Crippen LogP contribution in [-0.2, 0) is 9.53 Å². The molecule has 180 valence electrons. The monoisotopic (exact) mass is 477 g/mol. The van der Waals surface area contributed by atoms with E-state index in [0.717, 1.165) is 17.9 Å². The van der Waals surface area contributed by atoms with E-state index in [1.165, 1.54) is 12.1 Å². The minimum absolute atomic E-state index is 0.0131. The highest BCUT2D eigenvalue weighted by molar-refractivity contribution is 7.14. The molecule has 4 unspecified atom stereocenters. The van der Waals surface area contributed by atoms with Crippen molar-refractivity contribution in [3.05, 3.63) is 34.2 Å². The van der Waals surface area contributed by atoms with Crippen molar-refractivity contribution >= 4 is 23.2 Å². The standard InChI is InChI=1S/C20H30F3N5O3S/c1-12(6-7-25-3)13(2)28-8-9-31-11-14(28)10-26-18(29)16-5-4-15(32-16)17(24)27-19(30)20(21,22)23/h4-7,12-14,17,25H,8-11,24H2,1-3H3,(H,26,29)(H,27,30)/b7-6-. The zero-order chi connectivity index (χ0) is 23.9. The Balaban J connectivity index is 1.95. The molecule has 32 heavy (non-hydrogen) atoms. The van der Waals surface area contributed by atoms with Gasteiger partial charge in [-0.15, -0.1) is 11.3 Å². The molecule has 0 spiro atoms. The number of nitrogens with zero attached hydrogens (tertiary/aromatic N) is 1. The van der Waals surface area contributed by atoms with Crippen LogP contribution in [0.2, 0.25) is 0 Å². The molecule has 5 N–H and O–H groups in total. The maximum atomic E-state index is 12.6. The summed E-state index contributed by atoms with van der Waals surface area (Å²) < 4.78 is 42.7. The highest BCUT2D eigenvalue weighted by Crippen LogP contribution is 2.23. The maximum Gasteiger partial charge on any atom is 0.471 e. The van der Waals surface area contributed by atoms with Crippen molar-refractivity contribution in [1.82, 2.24) is 20.9 Å². The second-order valence-electron chi connectivity index (χ2n) is 7.58. The number of rotatable bonds is 9. The number of ether oxygens (including phenoxy) is 1. The fourth-order valence-corrected chi connectivity index (χ4v) is 4.20. The van der Waals surface area contributed by atoms with Gasteiger partial charge in [-0.3, -0.25) is 14.5 Å². The van der Waals surface area contributed by atoms with E-state index in [4.69, 9.17) is 10.5 Å². The summed E-state index contributed by atoms with van der Waals surface area (Å²) in [6.45, 7) is 6.46. The molecule has 4 atom stereocenters. The molecule has 2 heterocycles. The van der Waals surface area contributed by atoms with Crippen LogP contribution in [-0.4, -0.2) is 68.3 Å². The topological polar surface area (TPSA) is 109 Å². The fraction of sp³-hybridized carbons (Fsp3) is 0.600. The Morgan fingerprint density at radius 1 is 1.38 bits per heavy atom. The van der Waals surface area contributed by atoms with Crippen molar-refractivity contribution in [3.8, 4) is 0 Å². The Labute approximate surface area is 189 Å². The molecule has 0 radical (unpaired) electrons. The number of amides is 2. The maximum absolute atomic E-state index is 12.6. The minimum Gasteiger partial charge on any atom is -0.394 e. The van der Waals surface area contributed by atoms with E-state index < -0.39 is 18.2 Å². The molecule has 0 bridgehead atoms. The van der Waals surface area contributed by atoms with Crippen LogP contribution in [0.4, 0.5) is 13.2 Å². The van der Waals surface area contributed by atoms with E-state index in [1.54, 1.807) is 5.32 Å². The van der Waals surface area contributed by atoms with Crippen LogP contribution in [0.5, 0.6) is 0 Å². The van der Waals surface area contributed by atoms with Gasteiger partial charge in [-0.2, -0.15) is 13.2 Å². The SMILES string of the molecule is CN/C=C\C(C)C(C)N1CCOCC1CNC(=O)c1ccc(C(N)NC(=O)C(F)(F)F)s1. The minimum atomic E-state index is -5.03. The molecule has 8 nitrogen and oxygen atoms in total. The largest absolute Gasteiger partial charge is 0.471 e. The predicted octanol–water partition coefficient (Wildman–Crippen LogP) is 1.57. The second kappa shape index (κ2) is 11.6. The Kier molecular flexibility index (Phi) is 9.49. The van der Waals surface area contributed by atoms with Gasteiger partial charge in [-0.1, -0.05) is 13.0 Å². The first kappa shape index (κ1) is 26.1. The quantitative estimate of drug-likeness (QED) is 0.402. The summed E-state index contributed by atoms with van der Waals surface area (Å²) in [5.74, 6) is -2.21. The van der Waals surface area contributed by atoms with E-state index in [9.17, 15) is 22.8 Å². The molecule has 1 aliphatic rings. The second-order valence-corrected chi connectivity index (χ2v) is 8.69. The van der Waals surface area contributed by atoms with Crippen LogP contribution in [0, 0.1) is 5.92 Å². The van der Waals surface area contributed by atoms with Crippen LogP contribution < -0.4 is 21.7 Å². The number of carbonyl (C=O) groups excluding carboxylic acids is 2. The Hall–Kier alpha value is -2.15.